The minimum absolute atomic E-state index is 0.0272. The zero-order valence-electron chi connectivity index (χ0n) is 29.5. The second-order valence-electron chi connectivity index (χ2n) is 16.9. The van der Waals surface area contributed by atoms with E-state index in [0.717, 1.165) is 73.2 Å². The molecular formula is C41H62O4. The van der Waals surface area contributed by atoms with Gasteiger partial charge in [0.1, 0.15) is 6.10 Å². The molecule has 3 saturated carbocycles. The van der Waals surface area contributed by atoms with Gasteiger partial charge in [-0.1, -0.05) is 84.6 Å². The zero-order valence-corrected chi connectivity index (χ0v) is 29.5. The molecule has 0 spiro atoms. The molecule has 0 radical (unpaired) electrons. The number of carbonyl (C=O) groups excluding carboxylic acids is 1. The molecule has 4 fully saturated rings. The van der Waals surface area contributed by atoms with Crippen LogP contribution in [0.4, 0.5) is 0 Å². The topological polar surface area (TPSA) is 44.8 Å². The van der Waals surface area contributed by atoms with Crippen LogP contribution < -0.4 is 0 Å². The van der Waals surface area contributed by atoms with E-state index in [9.17, 15) is 4.79 Å². The number of rotatable bonds is 9. The molecule has 11 unspecified atom stereocenters. The van der Waals surface area contributed by atoms with Gasteiger partial charge in [-0.05, 0) is 123 Å². The van der Waals surface area contributed by atoms with Crippen LogP contribution in [0.1, 0.15) is 154 Å². The molecule has 0 bridgehead atoms. The molecule has 1 aromatic rings. The van der Waals surface area contributed by atoms with Crippen molar-refractivity contribution in [2.45, 2.75) is 157 Å². The molecule has 0 N–H and O–H groups in total. The number of benzene rings is 1. The average Bonchev–Trinajstić information content (AvgIpc) is 3.38. The van der Waals surface area contributed by atoms with E-state index in [1.54, 1.807) is 5.57 Å². The first kappa shape index (κ1) is 33.3. The summed E-state index contributed by atoms with van der Waals surface area (Å²) < 4.78 is 18.4. The fraction of sp³-hybridized carbons (Fsp3) is 0.780. The average molecular weight is 619 g/mol. The van der Waals surface area contributed by atoms with E-state index in [-0.39, 0.29) is 36.0 Å². The standard InChI is InChI=1S/C41H62O4/c1-8-32-24-28(5)43-39(45-32)30-14-12-29(13-15-30)38(42)44-33-20-22-40(6)31(25-33)16-17-34-36-19-18-35(27(4)11-9-10-26(2)3)41(36,7)23-21-37(34)40/h12-16,26-28,32-37,39H,8-11,17-25H2,1-7H3. The Hall–Kier alpha value is -1.65. The lowest BCUT2D eigenvalue weighted by Gasteiger charge is -2.58. The van der Waals surface area contributed by atoms with Crippen molar-refractivity contribution in [3.8, 4) is 0 Å². The molecule has 4 nitrogen and oxygen atoms in total. The lowest BCUT2D eigenvalue weighted by molar-refractivity contribution is -0.243. The van der Waals surface area contributed by atoms with Gasteiger partial charge in [-0.25, -0.2) is 4.79 Å². The van der Waals surface area contributed by atoms with Gasteiger partial charge >= 0.3 is 5.97 Å². The van der Waals surface area contributed by atoms with Crippen molar-refractivity contribution in [3.63, 3.8) is 0 Å². The van der Waals surface area contributed by atoms with Gasteiger partial charge in [-0.2, -0.15) is 0 Å². The van der Waals surface area contributed by atoms with Gasteiger partial charge in [-0.15, -0.1) is 0 Å². The van der Waals surface area contributed by atoms with Crippen LogP contribution >= 0.6 is 0 Å². The molecule has 45 heavy (non-hydrogen) atoms. The van der Waals surface area contributed by atoms with E-state index in [0.29, 0.717) is 11.0 Å². The predicted molar refractivity (Wildman–Crippen MR) is 182 cm³/mol. The van der Waals surface area contributed by atoms with Crippen LogP contribution in [0.15, 0.2) is 35.9 Å². The molecule has 4 heteroatoms. The van der Waals surface area contributed by atoms with Crippen molar-refractivity contribution < 1.29 is 19.0 Å². The minimum Gasteiger partial charge on any atom is -0.458 e. The molecule has 11 atom stereocenters. The maximum Gasteiger partial charge on any atom is 0.338 e. The van der Waals surface area contributed by atoms with Gasteiger partial charge in [0.25, 0.3) is 0 Å². The van der Waals surface area contributed by atoms with Crippen LogP contribution in [-0.4, -0.2) is 24.3 Å². The van der Waals surface area contributed by atoms with Gasteiger partial charge in [-0.3, -0.25) is 0 Å². The molecule has 1 heterocycles. The van der Waals surface area contributed by atoms with Crippen molar-refractivity contribution in [1.82, 2.24) is 0 Å². The summed E-state index contributed by atoms with van der Waals surface area (Å²) in [5, 5.41) is 0. The highest BCUT2D eigenvalue weighted by atomic mass is 16.7. The summed E-state index contributed by atoms with van der Waals surface area (Å²) in [7, 11) is 0. The molecule has 250 valence electrons. The Morgan fingerprint density at radius 3 is 2.49 bits per heavy atom. The molecule has 0 aromatic heterocycles. The summed E-state index contributed by atoms with van der Waals surface area (Å²) in [6.07, 6.45) is 18.6. The number of hydrogen-bond acceptors (Lipinski definition) is 4. The van der Waals surface area contributed by atoms with Gasteiger partial charge in [0, 0.05) is 12.0 Å². The number of ether oxygens (including phenoxy) is 3. The molecular weight excluding hydrogens is 556 g/mol. The number of esters is 1. The van der Waals surface area contributed by atoms with E-state index in [1.807, 2.05) is 24.3 Å². The Kier molecular flexibility index (Phi) is 9.95. The van der Waals surface area contributed by atoms with Crippen molar-refractivity contribution in [1.29, 1.82) is 0 Å². The highest BCUT2D eigenvalue weighted by molar-refractivity contribution is 5.89. The predicted octanol–water partition coefficient (Wildman–Crippen LogP) is 10.9. The highest BCUT2D eigenvalue weighted by Gasteiger charge is 2.59. The van der Waals surface area contributed by atoms with Crippen molar-refractivity contribution in [3.05, 3.63) is 47.0 Å². The van der Waals surface area contributed by atoms with Crippen LogP contribution in [0.25, 0.3) is 0 Å². The monoisotopic (exact) mass is 618 g/mol. The van der Waals surface area contributed by atoms with Crippen molar-refractivity contribution in [2.24, 2.45) is 46.3 Å². The number of carbonyl (C=O) groups is 1. The third kappa shape index (κ3) is 6.58. The third-order valence-corrected chi connectivity index (χ3v) is 13.7. The molecule has 5 aliphatic rings. The minimum atomic E-state index is -0.368. The largest absolute Gasteiger partial charge is 0.458 e. The van der Waals surface area contributed by atoms with Crippen LogP contribution in [0.2, 0.25) is 0 Å². The summed E-state index contributed by atoms with van der Waals surface area (Å²) >= 11 is 0. The summed E-state index contributed by atoms with van der Waals surface area (Å²) in [5.74, 6) is 4.86. The Morgan fingerprint density at radius 1 is 0.978 bits per heavy atom. The molecule has 1 aromatic carbocycles. The van der Waals surface area contributed by atoms with Crippen molar-refractivity contribution in [2.75, 3.05) is 0 Å². The SMILES string of the molecule is CCC1CC(C)OC(c2ccc(C(=O)OC3CCC4(C)C(=CCC5C4CCC4(C)C(C(C)CCCC(C)C)CCC54)C3)cc2)O1. The third-order valence-electron chi connectivity index (χ3n) is 13.7. The zero-order chi connectivity index (χ0) is 31.9. The van der Waals surface area contributed by atoms with Crippen molar-refractivity contribution >= 4 is 5.97 Å². The Bertz CT molecular complexity index is 1200. The second kappa shape index (κ2) is 13.5. The fourth-order valence-corrected chi connectivity index (χ4v) is 11.1. The number of fused-ring (bicyclic) bond motifs is 5. The number of hydrogen-bond donors (Lipinski definition) is 0. The Morgan fingerprint density at radius 2 is 1.76 bits per heavy atom. The first-order chi connectivity index (χ1) is 21.5. The van der Waals surface area contributed by atoms with Crippen LogP contribution in [0.5, 0.6) is 0 Å². The van der Waals surface area contributed by atoms with Crippen LogP contribution in [0.3, 0.4) is 0 Å². The van der Waals surface area contributed by atoms with Crippen LogP contribution in [0, 0.1) is 46.3 Å². The van der Waals surface area contributed by atoms with Gasteiger partial charge in [0.15, 0.2) is 6.29 Å². The Labute approximate surface area is 274 Å². The summed E-state index contributed by atoms with van der Waals surface area (Å²) in [6, 6.07) is 7.68. The first-order valence-electron chi connectivity index (χ1n) is 18.8. The molecule has 6 rings (SSSR count). The summed E-state index contributed by atoms with van der Waals surface area (Å²) in [4.78, 5) is 13.3. The summed E-state index contributed by atoms with van der Waals surface area (Å²) in [5.41, 5.74) is 3.94. The Balaban J connectivity index is 1.06. The van der Waals surface area contributed by atoms with E-state index < -0.39 is 0 Å². The van der Waals surface area contributed by atoms with E-state index in [4.69, 9.17) is 14.2 Å². The molecule has 1 saturated heterocycles. The second-order valence-corrected chi connectivity index (χ2v) is 16.9. The molecule has 1 aliphatic heterocycles. The van der Waals surface area contributed by atoms with Gasteiger partial charge < -0.3 is 14.2 Å². The smallest absolute Gasteiger partial charge is 0.338 e. The quantitative estimate of drug-likeness (QED) is 0.204. The first-order valence-corrected chi connectivity index (χ1v) is 18.8. The van der Waals surface area contributed by atoms with E-state index in [1.165, 1.54) is 51.4 Å². The van der Waals surface area contributed by atoms with Crippen LogP contribution in [-0.2, 0) is 14.2 Å². The molecule has 4 aliphatic carbocycles. The lowest BCUT2D eigenvalue weighted by Crippen LogP contribution is -2.51. The normalized spacial score (nSPS) is 40.2. The maximum atomic E-state index is 13.3. The highest BCUT2D eigenvalue weighted by Crippen LogP contribution is 2.67. The molecule has 0 amide bonds. The maximum absolute atomic E-state index is 13.3. The summed E-state index contributed by atoms with van der Waals surface area (Å²) in [6.45, 7) is 16.8. The van der Waals surface area contributed by atoms with Gasteiger partial charge in [0.2, 0.25) is 0 Å². The lowest BCUT2D eigenvalue weighted by atomic mass is 9.47. The van der Waals surface area contributed by atoms with E-state index >= 15 is 0 Å². The van der Waals surface area contributed by atoms with Gasteiger partial charge in [0.05, 0.1) is 17.8 Å². The van der Waals surface area contributed by atoms with E-state index in [2.05, 4.69) is 54.5 Å². The number of allylic oxidation sites excluding steroid dienone is 1. The fourth-order valence-electron chi connectivity index (χ4n) is 11.1.